The third kappa shape index (κ3) is 76.6. The number of phosphoric ester groups is 2. The summed E-state index contributed by atoms with van der Waals surface area (Å²) in [4.78, 5) is 73.2. The number of hydrogen-bond donors (Lipinski definition) is 3. The summed E-state index contributed by atoms with van der Waals surface area (Å²) in [5, 5.41) is 10.7. The van der Waals surface area contributed by atoms with Crippen molar-refractivity contribution < 1.29 is 80.2 Å². The van der Waals surface area contributed by atoms with Crippen LogP contribution in [0.1, 0.15) is 446 Å². The summed E-state index contributed by atoms with van der Waals surface area (Å²) in [5.41, 5.74) is 0. The lowest BCUT2D eigenvalue weighted by atomic mass is 9.99. The fraction of sp³-hybridized carbons (Fsp3) is 0.952. The van der Waals surface area contributed by atoms with E-state index in [0.29, 0.717) is 25.7 Å². The smallest absolute Gasteiger partial charge is 0.462 e. The molecule has 0 rings (SSSR count). The van der Waals surface area contributed by atoms with Crippen molar-refractivity contribution in [2.75, 3.05) is 39.6 Å². The first-order valence-corrected chi connectivity index (χ1v) is 46.5. The van der Waals surface area contributed by atoms with Crippen LogP contribution in [-0.2, 0) is 65.4 Å². The molecule has 3 unspecified atom stereocenters. The maximum absolute atomic E-state index is 13.1. The lowest BCUT2D eigenvalue weighted by Gasteiger charge is -2.21. The van der Waals surface area contributed by atoms with Crippen molar-refractivity contribution >= 4 is 39.5 Å². The quantitative estimate of drug-likeness (QED) is 0.0222. The van der Waals surface area contributed by atoms with Gasteiger partial charge in [0.15, 0.2) is 12.2 Å². The van der Waals surface area contributed by atoms with E-state index in [2.05, 4.69) is 41.5 Å². The highest BCUT2D eigenvalue weighted by Crippen LogP contribution is 2.45. The zero-order valence-electron chi connectivity index (χ0n) is 67.6. The molecule has 612 valence electrons. The highest BCUT2D eigenvalue weighted by Gasteiger charge is 2.30. The van der Waals surface area contributed by atoms with Crippen molar-refractivity contribution in [3.8, 4) is 0 Å². The highest BCUT2D eigenvalue weighted by molar-refractivity contribution is 7.47. The van der Waals surface area contributed by atoms with Crippen molar-refractivity contribution in [1.29, 1.82) is 0 Å². The van der Waals surface area contributed by atoms with Crippen LogP contribution in [0.25, 0.3) is 0 Å². The molecule has 0 amide bonds. The Morgan fingerprint density at radius 1 is 0.282 bits per heavy atom. The van der Waals surface area contributed by atoms with E-state index in [-0.39, 0.29) is 25.7 Å². The lowest BCUT2D eigenvalue weighted by molar-refractivity contribution is -0.161. The standard InChI is InChI=1S/C84H164O17P2/c1-7-10-12-14-16-18-20-22-24-26-27-28-30-32-34-38-42-50-56-62-68-83(88)100-79(72-94-81(86)66-60-54-48-41-37-33-31-29-25-23-21-19-17-15-13-11-8-2)74-98-102(90,91)96-70-78(85)71-97-103(92,93)99-75-80(73-95-82(87)67-61-55-49-45-44-47-53-59-65-77(6)9-3)101-84(89)69-63-57-51-43-39-35-36-40-46-52-58-64-76(4)5/h76-80,85H,7-75H2,1-6H3,(H,90,91)(H,92,93)/t77?,78-,79-,80-/m1/s1. The van der Waals surface area contributed by atoms with Crippen LogP contribution in [0.3, 0.4) is 0 Å². The van der Waals surface area contributed by atoms with E-state index in [9.17, 15) is 43.2 Å². The SMILES string of the molecule is CCCCCCCCCCCCCCCCCCCCCCC(=O)O[C@H](COC(=O)CCCCCCCCCCCCCCCCCCC)COP(=O)(O)OC[C@@H](O)COP(=O)(O)OC[C@@H](COC(=O)CCCCCCCCCCC(C)CC)OC(=O)CCCCCCCCCCCCCC(C)C. The largest absolute Gasteiger partial charge is 0.472 e. The molecule has 0 aliphatic carbocycles. The molecule has 0 aromatic heterocycles. The van der Waals surface area contributed by atoms with Crippen LogP contribution in [0.4, 0.5) is 0 Å². The molecule has 0 spiro atoms. The van der Waals surface area contributed by atoms with Gasteiger partial charge in [-0.15, -0.1) is 0 Å². The Morgan fingerprint density at radius 3 is 0.738 bits per heavy atom. The molecule has 0 fully saturated rings. The maximum Gasteiger partial charge on any atom is 0.472 e. The van der Waals surface area contributed by atoms with Crippen LogP contribution < -0.4 is 0 Å². The topological polar surface area (TPSA) is 237 Å². The molecule has 103 heavy (non-hydrogen) atoms. The molecule has 0 bridgehead atoms. The Bertz CT molecular complexity index is 1980. The minimum absolute atomic E-state index is 0.106. The number of rotatable bonds is 83. The summed E-state index contributed by atoms with van der Waals surface area (Å²) in [7, 11) is -9.93. The maximum atomic E-state index is 13.1. The third-order valence-corrected chi connectivity index (χ3v) is 22.0. The van der Waals surface area contributed by atoms with Crippen molar-refractivity contribution in [3.05, 3.63) is 0 Å². The molecule has 17 nitrogen and oxygen atoms in total. The molecular formula is C84H164O17P2. The fourth-order valence-corrected chi connectivity index (χ4v) is 14.6. The molecule has 0 radical (unpaired) electrons. The Balaban J connectivity index is 5.25. The summed E-state index contributed by atoms with van der Waals surface area (Å²) in [5.74, 6) is -0.562. The molecule has 0 aromatic carbocycles. The number of carbonyl (C=O) groups excluding carboxylic acids is 4. The van der Waals surface area contributed by atoms with Crippen LogP contribution in [0.5, 0.6) is 0 Å². The van der Waals surface area contributed by atoms with Gasteiger partial charge >= 0.3 is 39.5 Å². The Hall–Kier alpha value is -1.94. The minimum Gasteiger partial charge on any atom is -0.462 e. The van der Waals surface area contributed by atoms with E-state index in [1.54, 1.807) is 0 Å². The summed E-state index contributed by atoms with van der Waals surface area (Å²) in [6.07, 6.45) is 66.6. The van der Waals surface area contributed by atoms with Crippen molar-refractivity contribution in [3.63, 3.8) is 0 Å². The summed E-state index contributed by atoms with van der Waals surface area (Å²) in [6, 6.07) is 0. The zero-order valence-corrected chi connectivity index (χ0v) is 69.4. The van der Waals surface area contributed by atoms with Crippen molar-refractivity contribution in [2.45, 2.75) is 464 Å². The molecule has 0 heterocycles. The second-order valence-electron chi connectivity index (χ2n) is 30.9. The third-order valence-electron chi connectivity index (χ3n) is 20.1. The fourth-order valence-electron chi connectivity index (χ4n) is 13.0. The van der Waals surface area contributed by atoms with Gasteiger partial charge in [-0.1, -0.05) is 395 Å². The molecule has 0 aromatic rings. The van der Waals surface area contributed by atoms with Gasteiger partial charge in [0.2, 0.25) is 0 Å². The van der Waals surface area contributed by atoms with Gasteiger partial charge in [0.1, 0.15) is 19.3 Å². The van der Waals surface area contributed by atoms with Gasteiger partial charge in [-0.25, -0.2) is 9.13 Å². The van der Waals surface area contributed by atoms with Gasteiger partial charge in [0.05, 0.1) is 26.4 Å². The van der Waals surface area contributed by atoms with E-state index in [1.165, 1.54) is 263 Å². The number of hydrogen-bond acceptors (Lipinski definition) is 15. The monoisotopic (exact) mass is 1510 g/mol. The van der Waals surface area contributed by atoms with E-state index in [4.69, 9.17) is 37.0 Å². The number of unbranched alkanes of at least 4 members (excludes halogenated alkanes) is 52. The van der Waals surface area contributed by atoms with E-state index in [1.807, 2.05) is 0 Å². The van der Waals surface area contributed by atoms with E-state index < -0.39 is 97.5 Å². The molecular weight excluding hydrogens is 1340 g/mol. The van der Waals surface area contributed by atoms with Gasteiger partial charge in [-0.2, -0.15) is 0 Å². The average Bonchev–Trinajstić information content (AvgIpc) is 0.919. The molecule has 3 N–H and O–H groups in total. The zero-order chi connectivity index (χ0) is 75.6. The Labute approximate surface area is 632 Å². The summed E-state index contributed by atoms with van der Waals surface area (Å²) in [6.45, 7) is 9.66. The van der Waals surface area contributed by atoms with Gasteiger partial charge < -0.3 is 33.8 Å². The second-order valence-corrected chi connectivity index (χ2v) is 33.8. The molecule has 0 aliphatic heterocycles. The Kier molecular flexibility index (Phi) is 74.1. The second kappa shape index (κ2) is 75.5. The highest BCUT2D eigenvalue weighted by atomic mass is 31.2. The number of ether oxygens (including phenoxy) is 4. The van der Waals surface area contributed by atoms with Gasteiger partial charge in [-0.3, -0.25) is 37.3 Å². The predicted molar refractivity (Wildman–Crippen MR) is 423 cm³/mol. The van der Waals surface area contributed by atoms with Crippen LogP contribution in [-0.4, -0.2) is 96.7 Å². The molecule has 6 atom stereocenters. The van der Waals surface area contributed by atoms with Crippen LogP contribution >= 0.6 is 15.6 Å². The summed E-state index contributed by atoms with van der Waals surface area (Å²) >= 11 is 0. The first-order chi connectivity index (χ1) is 49.9. The number of esters is 4. The minimum atomic E-state index is -4.96. The van der Waals surface area contributed by atoms with Gasteiger partial charge in [-0.05, 0) is 37.5 Å². The summed E-state index contributed by atoms with van der Waals surface area (Å²) < 4.78 is 68.9. The molecule has 19 heteroatoms. The van der Waals surface area contributed by atoms with E-state index in [0.717, 1.165) is 102 Å². The van der Waals surface area contributed by atoms with Crippen molar-refractivity contribution in [2.24, 2.45) is 11.8 Å². The van der Waals surface area contributed by atoms with E-state index >= 15 is 0 Å². The van der Waals surface area contributed by atoms with Gasteiger partial charge in [0, 0.05) is 25.7 Å². The number of aliphatic hydroxyl groups excluding tert-OH is 1. The lowest BCUT2D eigenvalue weighted by Crippen LogP contribution is -2.30. The first-order valence-electron chi connectivity index (χ1n) is 43.5. The average molecular weight is 1510 g/mol. The van der Waals surface area contributed by atoms with Gasteiger partial charge in [0.25, 0.3) is 0 Å². The number of carbonyl (C=O) groups is 4. The van der Waals surface area contributed by atoms with Crippen molar-refractivity contribution in [1.82, 2.24) is 0 Å². The normalized spacial score (nSPS) is 14.1. The molecule has 0 saturated heterocycles. The number of phosphoric acid groups is 2. The molecule has 0 saturated carbocycles. The Morgan fingerprint density at radius 2 is 0.495 bits per heavy atom. The first kappa shape index (κ1) is 101. The predicted octanol–water partition coefficient (Wildman–Crippen LogP) is 25.5. The van der Waals surface area contributed by atoms with Crippen LogP contribution in [0.2, 0.25) is 0 Å². The molecule has 0 aliphatic rings. The van der Waals surface area contributed by atoms with Crippen LogP contribution in [0.15, 0.2) is 0 Å². The number of aliphatic hydroxyl groups is 1. The van der Waals surface area contributed by atoms with Crippen LogP contribution in [0, 0.1) is 11.8 Å².